The van der Waals surface area contributed by atoms with Crippen molar-refractivity contribution in [2.45, 2.75) is 32.2 Å². The van der Waals surface area contributed by atoms with Crippen LogP contribution in [-0.2, 0) is 0 Å². The Morgan fingerprint density at radius 2 is 2.11 bits per heavy atom. The maximum Gasteiger partial charge on any atom is 0.100 e. The van der Waals surface area contributed by atoms with Crippen LogP contribution in [0, 0.1) is 5.92 Å². The lowest BCUT2D eigenvalue weighted by atomic mass is 9.78. The summed E-state index contributed by atoms with van der Waals surface area (Å²) in [5.74, 6) is 0.723. The first-order chi connectivity index (χ1) is 9.38. The van der Waals surface area contributed by atoms with E-state index in [-0.39, 0.29) is 0 Å². The van der Waals surface area contributed by atoms with Crippen molar-refractivity contribution in [1.29, 1.82) is 0 Å². The van der Waals surface area contributed by atoms with E-state index in [0.29, 0.717) is 6.04 Å². The van der Waals surface area contributed by atoms with Crippen molar-refractivity contribution in [3.63, 3.8) is 0 Å². The summed E-state index contributed by atoms with van der Waals surface area (Å²) in [6, 6.07) is 10.4. The summed E-state index contributed by atoms with van der Waals surface area (Å²) in [4.78, 5) is 1.72. The molecule has 4 nitrogen and oxygen atoms in total. The molecule has 3 rings (SSSR count). The molecule has 0 aliphatic heterocycles. The van der Waals surface area contributed by atoms with Gasteiger partial charge in [0.15, 0.2) is 0 Å². The molecule has 100 valence electrons. The van der Waals surface area contributed by atoms with Gasteiger partial charge in [-0.3, -0.25) is 0 Å². The predicted molar refractivity (Wildman–Crippen MR) is 75.1 cm³/mol. The molecule has 1 aliphatic carbocycles. The summed E-state index contributed by atoms with van der Waals surface area (Å²) in [5.41, 5.74) is 2.08. The zero-order valence-corrected chi connectivity index (χ0v) is 11.3. The maximum absolute atomic E-state index is 4.65. The summed E-state index contributed by atoms with van der Waals surface area (Å²) < 4.78 is 0. The van der Waals surface area contributed by atoms with Crippen LogP contribution in [0.5, 0.6) is 0 Å². The number of nitrogens with one attached hydrogen (secondary N) is 1. The lowest BCUT2D eigenvalue weighted by Crippen LogP contribution is -2.32. The van der Waals surface area contributed by atoms with E-state index in [1.807, 2.05) is 36.5 Å². The van der Waals surface area contributed by atoms with Gasteiger partial charge in [0.2, 0.25) is 0 Å². The molecule has 1 aliphatic rings. The fourth-order valence-corrected chi connectivity index (χ4v) is 2.61. The summed E-state index contributed by atoms with van der Waals surface area (Å²) in [6.45, 7) is 3.12. The molecule has 2 aromatic rings. The number of hydrogen-bond donors (Lipinski definition) is 1. The average molecular weight is 256 g/mol. The Morgan fingerprint density at radius 3 is 2.74 bits per heavy atom. The van der Waals surface area contributed by atoms with E-state index < -0.39 is 0 Å². The van der Waals surface area contributed by atoms with Crippen LogP contribution in [0.15, 0.2) is 36.5 Å². The Kier molecular flexibility index (Phi) is 3.60. The van der Waals surface area contributed by atoms with Crippen molar-refractivity contribution >= 4 is 0 Å². The lowest BCUT2D eigenvalue weighted by Gasteiger charge is -2.32. The summed E-state index contributed by atoms with van der Waals surface area (Å²) in [7, 11) is 0. The number of rotatable bonds is 5. The topological polar surface area (TPSA) is 42.7 Å². The van der Waals surface area contributed by atoms with Gasteiger partial charge in [0.25, 0.3) is 0 Å². The fraction of sp³-hybridized carbons (Fsp3) is 0.467. The van der Waals surface area contributed by atoms with Crippen LogP contribution in [0.1, 0.15) is 37.9 Å². The molecule has 0 spiro atoms. The van der Waals surface area contributed by atoms with Crippen LogP contribution < -0.4 is 5.32 Å². The number of benzene rings is 1. The highest BCUT2D eigenvalue weighted by molar-refractivity contribution is 5.28. The van der Waals surface area contributed by atoms with Gasteiger partial charge in [-0.25, -0.2) is 0 Å². The molecule has 19 heavy (non-hydrogen) atoms. The minimum Gasteiger partial charge on any atom is -0.309 e. The van der Waals surface area contributed by atoms with Crippen LogP contribution in [-0.4, -0.2) is 21.5 Å². The SMILES string of the molecule is CCNC(c1cnn(-c2ccccc2)n1)C1CCC1. The Morgan fingerprint density at radius 1 is 1.32 bits per heavy atom. The van der Waals surface area contributed by atoms with Gasteiger partial charge in [-0.1, -0.05) is 31.5 Å². The summed E-state index contributed by atoms with van der Waals surface area (Å²) in [5, 5.41) is 12.6. The van der Waals surface area contributed by atoms with Crippen molar-refractivity contribution in [2.24, 2.45) is 5.92 Å². The molecule has 1 atom stereocenters. The molecule has 0 amide bonds. The number of nitrogens with zero attached hydrogens (tertiary/aromatic N) is 3. The van der Waals surface area contributed by atoms with E-state index >= 15 is 0 Å². The van der Waals surface area contributed by atoms with Crippen molar-refractivity contribution in [3.8, 4) is 5.69 Å². The molecule has 0 radical (unpaired) electrons. The molecule has 1 fully saturated rings. The first kappa shape index (κ1) is 12.4. The minimum atomic E-state index is 0.358. The minimum absolute atomic E-state index is 0.358. The second-order valence-electron chi connectivity index (χ2n) is 5.12. The maximum atomic E-state index is 4.65. The molecule has 1 aromatic heterocycles. The Hall–Kier alpha value is -1.68. The van der Waals surface area contributed by atoms with Gasteiger partial charge in [0, 0.05) is 0 Å². The van der Waals surface area contributed by atoms with E-state index in [9.17, 15) is 0 Å². The van der Waals surface area contributed by atoms with Crippen LogP contribution >= 0.6 is 0 Å². The van der Waals surface area contributed by atoms with Gasteiger partial charge in [-0.2, -0.15) is 15.0 Å². The molecular formula is C15H20N4. The third-order valence-electron chi connectivity index (χ3n) is 3.86. The summed E-state index contributed by atoms with van der Waals surface area (Å²) >= 11 is 0. The molecule has 1 N–H and O–H groups in total. The lowest BCUT2D eigenvalue weighted by molar-refractivity contribution is 0.229. The predicted octanol–water partition coefficient (Wildman–Crippen LogP) is 2.72. The van der Waals surface area contributed by atoms with E-state index in [2.05, 4.69) is 22.4 Å². The fourth-order valence-electron chi connectivity index (χ4n) is 2.61. The van der Waals surface area contributed by atoms with Crippen molar-refractivity contribution in [3.05, 3.63) is 42.2 Å². The number of aromatic nitrogens is 3. The Labute approximate surface area is 113 Å². The largest absolute Gasteiger partial charge is 0.309 e. The average Bonchev–Trinajstić information content (AvgIpc) is 2.86. The van der Waals surface area contributed by atoms with Crippen LogP contribution in [0.2, 0.25) is 0 Å². The van der Waals surface area contributed by atoms with Gasteiger partial charge in [0.05, 0.1) is 17.9 Å². The second-order valence-corrected chi connectivity index (χ2v) is 5.12. The quantitative estimate of drug-likeness (QED) is 0.894. The van der Waals surface area contributed by atoms with E-state index in [4.69, 9.17) is 0 Å². The first-order valence-corrected chi connectivity index (χ1v) is 7.09. The molecule has 4 heteroatoms. The van der Waals surface area contributed by atoms with Gasteiger partial charge in [-0.05, 0) is 37.4 Å². The zero-order valence-electron chi connectivity index (χ0n) is 11.3. The van der Waals surface area contributed by atoms with Crippen molar-refractivity contribution < 1.29 is 0 Å². The van der Waals surface area contributed by atoms with Crippen LogP contribution in [0.25, 0.3) is 5.69 Å². The van der Waals surface area contributed by atoms with Gasteiger partial charge >= 0.3 is 0 Å². The normalized spacial score (nSPS) is 17.1. The molecule has 0 saturated heterocycles. The molecule has 1 unspecified atom stereocenters. The highest BCUT2D eigenvalue weighted by Crippen LogP contribution is 2.36. The first-order valence-electron chi connectivity index (χ1n) is 7.09. The number of hydrogen-bond acceptors (Lipinski definition) is 3. The van der Waals surface area contributed by atoms with Gasteiger partial charge < -0.3 is 5.32 Å². The van der Waals surface area contributed by atoms with Gasteiger partial charge in [-0.15, -0.1) is 0 Å². The molecule has 1 saturated carbocycles. The second kappa shape index (κ2) is 5.53. The third kappa shape index (κ3) is 2.54. The summed E-state index contributed by atoms with van der Waals surface area (Å²) in [6.07, 6.45) is 5.85. The van der Waals surface area contributed by atoms with E-state index in [0.717, 1.165) is 23.8 Å². The van der Waals surface area contributed by atoms with Crippen molar-refractivity contribution in [1.82, 2.24) is 20.3 Å². The smallest absolute Gasteiger partial charge is 0.100 e. The van der Waals surface area contributed by atoms with Gasteiger partial charge in [0.1, 0.15) is 5.69 Å². The van der Waals surface area contributed by atoms with Crippen molar-refractivity contribution in [2.75, 3.05) is 6.54 Å². The van der Waals surface area contributed by atoms with Crippen LogP contribution in [0.4, 0.5) is 0 Å². The monoisotopic (exact) mass is 256 g/mol. The van der Waals surface area contributed by atoms with E-state index in [1.54, 1.807) is 4.80 Å². The van der Waals surface area contributed by atoms with E-state index in [1.165, 1.54) is 19.3 Å². The third-order valence-corrected chi connectivity index (χ3v) is 3.86. The van der Waals surface area contributed by atoms with Crippen LogP contribution in [0.3, 0.4) is 0 Å². The highest BCUT2D eigenvalue weighted by Gasteiger charge is 2.29. The molecular weight excluding hydrogens is 236 g/mol. The highest BCUT2D eigenvalue weighted by atomic mass is 15.5. The molecule has 0 bridgehead atoms. The molecule has 1 aromatic carbocycles. The number of para-hydroxylation sites is 1. The Balaban J connectivity index is 1.82. The Bertz CT molecular complexity index is 516. The molecule has 1 heterocycles. The zero-order chi connectivity index (χ0) is 13.1. The standard InChI is InChI=1S/C15H20N4/c1-2-16-15(12-7-6-8-12)14-11-17-19(18-14)13-9-4-3-5-10-13/h3-5,9-12,15-16H,2,6-8H2,1H3.